The van der Waals surface area contributed by atoms with E-state index in [1.54, 1.807) is 55.5 Å². The number of nitrogens with zero attached hydrogens (tertiary/aromatic N) is 1. The molecule has 0 aliphatic heterocycles. The van der Waals surface area contributed by atoms with Gasteiger partial charge < -0.3 is 5.32 Å². The number of nitrogens with one attached hydrogen (secondary N) is 1. The fourth-order valence-corrected chi connectivity index (χ4v) is 4.84. The maximum absolute atomic E-state index is 13.5. The van der Waals surface area contributed by atoms with Crippen LogP contribution in [0, 0.1) is 27.7 Å². The Morgan fingerprint density at radius 3 is 2.29 bits per heavy atom. The van der Waals surface area contributed by atoms with Gasteiger partial charge in [-0.2, -0.15) is 0 Å². The number of sulfonamides is 1. The third kappa shape index (κ3) is 5.09. The molecule has 0 unspecified atom stereocenters. The first-order chi connectivity index (χ1) is 14.6. The van der Waals surface area contributed by atoms with Crippen molar-refractivity contribution in [1.82, 2.24) is 0 Å². The van der Waals surface area contributed by atoms with Gasteiger partial charge in [-0.3, -0.25) is 9.10 Å². The van der Waals surface area contributed by atoms with Gasteiger partial charge in [0.25, 0.3) is 10.0 Å². The molecule has 3 aromatic rings. The summed E-state index contributed by atoms with van der Waals surface area (Å²) in [5, 5.41) is 3.23. The number of amides is 1. The summed E-state index contributed by atoms with van der Waals surface area (Å²) in [5.74, 6) is -0.441. The van der Waals surface area contributed by atoms with E-state index in [2.05, 4.69) is 5.32 Å². The van der Waals surface area contributed by atoms with E-state index in [4.69, 9.17) is 11.6 Å². The van der Waals surface area contributed by atoms with Crippen molar-refractivity contribution in [1.29, 1.82) is 0 Å². The van der Waals surface area contributed by atoms with Crippen molar-refractivity contribution < 1.29 is 13.2 Å². The van der Waals surface area contributed by atoms with Gasteiger partial charge in [-0.1, -0.05) is 47.5 Å². The fraction of sp³-hybridized carbons (Fsp3) is 0.208. The van der Waals surface area contributed by atoms with Gasteiger partial charge in [0, 0.05) is 10.7 Å². The van der Waals surface area contributed by atoms with E-state index in [-0.39, 0.29) is 11.4 Å². The average Bonchev–Trinajstić information content (AvgIpc) is 2.72. The zero-order valence-corrected chi connectivity index (χ0v) is 19.5. The predicted molar refractivity (Wildman–Crippen MR) is 126 cm³/mol. The van der Waals surface area contributed by atoms with Crippen LogP contribution in [-0.2, 0) is 14.8 Å². The first-order valence-electron chi connectivity index (χ1n) is 9.81. The second-order valence-electron chi connectivity index (χ2n) is 7.55. The minimum Gasteiger partial charge on any atom is -0.324 e. The highest BCUT2D eigenvalue weighted by Crippen LogP contribution is 2.30. The lowest BCUT2D eigenvalue weighted by Gasteiger charge is -2.26. The summed E-state index contributed by atoms with van der Waals surface area (Å²) in [4.78, 5) is 13.0. The van der Waals surface area contributed by atoms with Gasteiger partial charge in [-0.15, -0.1) is 0 Å². The standard InChI is InChI=1S/C24H25ClN2O3S/c1-16-8-12-21(13-9-16)31(29,30)27(23-14-20(25)11-10-18(23)3)15-24(28)26-22-7-5-6-17(2)19(22)4/h5-14H,15H2,1-4H3,(H,26,28). The Morgan fingerprint density at radius 2 is 1.61 bits per heavy atom. The van der Waals surface area contributed by atoms with Gasteiger partial charge in [0.1, 0.15) is 6.54 Å². The first kappa shape index (κ1) is 22.8. The molecule has 0 aliphatic rings. The Bertz CT molecular complexity index is 1220. The quantitative estimate of drug-likeness (QED) is 0.539. The summed E-state index contributed by atoms with van der Waals surface area (Å²) in [6, 6.07) is 17.1. The van der Waals surface area contributed by atoms with Gasteiger partial charge in [-0.25, -0.2) is 8.42 Å². The average molecular weight is 457 g/mol. The van der Waals surface area contributed by atoms with Crippen LogP contribution in [0.15, 0.2) is 65.6 Å². The summed E-state index contributed by atoms with van der Waals surface area (Å²) in [6.45, 7) is 7.14. The molecular weight excluding hydrogens is 432 g/mol. The normalized spacial score (nSPS) is 11.3. The molecule has 0 saturated heterocycles. The lowest BCUT2D eigenvalue weighted by molar-refractivity contribution is -0.114. The van der Waals surface area contributed by atoms with E-state index in [0.29, 0.717) is 22.0 Å². The maximum atomic E-state index is 13.5. The lowest BCUT2D eigenvalue weighted by Crippen LogP contribution is -2.38. The minimum absolute atomic E-state index is 0.108. The molecule has 0 saturated carbocycles. The second kappa shape index (κ2) is 9.12. The van der Waals surface area contributed by atoms with Crippen molar-refractivity contribution in [3.05, 3.63) is 87.9 Å². The highest BCUT2D eigenvalue weighted by atomic mass is 35.5. The number of hydrogen-bond acceptors (Lipinski definition) is 3. The van der Waals surface area contributed by atoms with Crippen LogP contribution >= 0.6 is 11.6 Å². The zero-order chi connectivity index (χ0) is 22.8. The number of rotatable bonds is 6. The Hall–Kier alpha value is -2.83. The molecule has 1 amide bonds. The van der Waals surface area contributed by atoms with Gasteiger partial charge in [0.05, 0.1) is 10.6 Å². The van der Waals surface area contributed by atoms with Crippen LogP contribution in [0.25, 0.3) is 0 Å². The first-order valence-corrected chi connectivity index (χ1v) is 11.6. The number of anilines is 2. The largest absolute Gasteiger partial charge is 0.324 e. The number of benzene rings is 3. The summed E-state index contributed by atoms with van der Waals surface area (Å²) in [7, 11) is -4.00. The summed E-state index contributed by atoms with van der Waals surface area (Å²) in [5.41, 5.74) is 4.62. The molecule has 1 N–H and O–H groups in total. The Balaban J connectivity index is 2.02. The van der Waals surface area contributed by atoms with Crippen LogP contribution in [0.5, 0.6) is 0 Å². The molecule has 0 radical (unpaired) electrons. The summed E-state index contributed by atoms with van der Waals surface area (Å²) < 4.78 is 28.1. The monoisotopic (exact) mass is 456 g/mol. The van der Waals surface area contributed by atoms with Gasteiger partial charge in [0.15, 0.2) is 0 Å². The summed E-state index contributed by atoms with van der Waals surface area (Å²) >= 11 is 6.16. The highest BCUT2D eigenvalue weighted by Gasteiger charge is 2.28. The maximum Gasteiger partial charge on any atom is 0.264 e. The molecule has 0 aromatic heterocycles. The number of aryl methyl sites for hydroxylation is 3. The molecule has 0 atom stereocenters. The van der Waals surface area contributed by atoms with E-state index in [1.807, 2.05) is 32.9 Å². The number of carbonyl (C=O) groups is 1. The highest BCUT2D eigenvalue weighted by molar-refractivity contribution is 7.92. The SMILES string of the molecule is Cc1ccc(S(=O)(=O)N(CC(=O)Nc2cccc(C)c2C)c2cc(Cl)ccc2C)cc1. The summed E-state index contributed by atoms with van der Waals surface area (Å²) in [6.07, 6.45) is 0. The van der Waals surface area contributed by atoms with Crippen LogP contribution in [0.1, 0.15) is 22.3 Å². The van der Waals surface area contributed by atoms with Crippen LogP contribution in [0.3, 0.4) is 0 Å². The molecule has 162 valence electrons. The molecule has 5 nitrogen and oxygen atoms in total. The molecule has 7 heteroatoms. The van der Waals surface area contributed by atoms with E-state index < -0.39 is 15.9 Å². The topological polar surface area (TPSA) is 66.5 Å². The van der Waals surface area contributed by atoms with Crippen LogP contribution in [0.4, 0.5) is 11.4 Å². The van der Waals surface area contributed by atoms with Crippen molar-refractivity contribution in [3.8, 4) is 0 Å². The third-order valence-electron chi connectivity index (χ3n) is 5.21. The third-order valence-corrected chi connectivity index (χ3v) is 7.22. The molecule has 0 aliphatic carbocycles. The van der Waals surface area contributed by atoms with Gasteiger partial charge >= 0.3 is 0 Å². The van der Waals surface area contributed by atoms with E-state index >= 15 is 0 Å². The van der Waals surface area contributed by atoms with Crippen molar-refractivity contribution >= 4 is 38.9 Å². The Labute approximate surface area is 188 Å². The van der Waals surface area contributed by atoms with E-state index in [0.717, 1.165) is 21.0 Å². The van der Waals surface area contributed by atoms with Crippen LogP contribution in [0.2, 0.25) is 5.02 Å². The number of halogens is 1. The van der Waals surface area contributed by atoms with Crippen molar-refractivity contribution in [2.45, 2.75) is 32.6 Å². The Morgan fingerprint density at radius 1 is 0.935 bits per heavy atom. The van der Waals surface area contributed by atoms with Gasteiger partial charge in [0.2, 0.25) is 5.91 Å². The van der Waals surface area contributed by atoms with Crippen LogP contribution < -0.4 is 9.62 Å². The zero-order valence-electron chi connectivity index (χ0n) is 17.9. The molecule has 0 spiro atoms. The molecule has 3 rings (SSSR count). The molecule has 31 heavy (non-hydrogen) atoms. The number of carbonyl (C=O) groups excluding carboxylic acids is 1. The second-order valence-corrected chi connectivity index (χ2v) is 9.85. The molecule has 0 bridgehead atoms. The minimum atomic E-state index is -4.00. The van der Waals surface area contributed by atoms with E-state index in [9.17, 15) is 13.2 Å². The lowest BCUT2D eigenvalue weighted by atomic mass is 10.1. The smallest absolute Gasteiger partial charge is 0.264 e. The van der Waals surface area contributed by atoms with Crippen molar-refractivity contribution in [2.75, 3.05) is 16.2 Å². The Kier molecular flexibility index (Phi) is 6.72. The molecule has 3 aromatic carbocycles. The van der Waals surface area contributed by atoms with Crippen molar-refractivity contribution in [2.24, 2.45) is 0 Å². The van der Waals surface area contributed by atoms with Gasteiger partial charge in [-0.05, 0) is 74.7 Å². The molecule has 0 fully saturated rings. The predicted octanol–water partition coefficient (Wildman–Crippen LogP) is 5.41. The van der Waals surface area contributed by atoms with Crippen LogP contribution in [-0.4, -0.2) is 20.9 Å². The molecular formula is C24H25ClN2O3S. The molecule has 0 heterocycles. The van der Waals surface area contributed by atoms with E-state index in [1.165, 1.54) is 0 Å². The number of hydrogen-bond donors (Lipinski definition) is 1. The fourth-order valence-electron chi connectivity index (χ4n) is 3.20. The van der Waals surface area contributed by atoms with Crippen molar-refractivity contribution in [3.63, 3.8) is 0 Å².